The molecule has 1 heterocycles. The quantitative estimate of drug-likeness (QED) is 0.907. The first kappa shape index (κ1) is 13.5. The third-order valence-electron chi connectivity index (χ3n) is 2.57. The van der Waals surface area contributed by atoms with Crippen LogP contribution in [-0.4, -0.2) is 11.5 Å². The Balaban J connectivity index is 2.29. The van der Waals surface area contributed by atoms with Gasteiger partial charge < -0.3 is 5.32 Å². The van der Waals surface area contributed by atoms with Gasteiger partial charge in [-0.15, -0.1) is 11.3 Å². The van der Waals surface area contributed by atoms with E-state index in [0.717, 1.165) is 22.0 Å². The predicted molar refractivity (Wildman–Crippen MR) is 74.6 cm³/mol. The summed E-state index contributed by atoms with van der Waals surface area (Å²) in [6.07, 6.45) is 1.83. The Bertz CT molecular complexity index is 521. The molecule has 1 atom stereocenters. The Morgan fingerprint density at radius 1 is 1.44 bits per heavy atom. The van der Waals surface area contributed by atoms with E-state index in [0.29, 0.717) is 5.02 Å². The van der Waals surface area contributed by atoms with E-state index >= 15 is 0 Å². The maximum absolute atomic E-state index is 13.3. The van der Waals surface area contributed by atoms with Gasteiger partial charge in [-0.25, -0.2) is 9.37 Å². The van der Waals surface area contributed by atoms with E-state index in [-0.39, 0.29) is 11.9 Å². The molecule has 18 heavy (non-hydrogen) atoms. The smallest absolute Gasteiger partial charge is 0.125 e. The van der Waals surface area contributed by atoms with Crippen molar-refractivity contribution in [1.82, 2.24) is 10.3 Å². The highest BCUT2D eigenvalue weighted by atomic mass is 35.5. The fourth-order valence-corrected chi connectivity index (χ4v) is 2.86. The number of nitrogens with zero attached hydrogens (tertiary/aromatic N) is 1. The lowest BCUT2D eigenvalue weighted by Gasteiger charge is -2.08. The number of hydrogen-bond acceptors (Lipinski definition) is 3. The van der Waals surface area contributed by atoms with Crippen LogP contribution in [0.2, 0.25) is 5.02 Å². The zero-order chi connectivity index (χ0) is 13.1. The van der Waals surface area contributed by atoms with Crippen LogP contribution in [-0.2, 0) is 0 Å². The predicted octanol–water partition coefficient (Wildman–Crippen LogP) is 4.27. The molecule has 0 spiro atoms. The van der Waals surface area contributed by atoms with Crippen LogP contribution in [0.5, 0.6) is 0 Å². The summed E-state index contributed by atoms with van der Waals surface area (Å²) in [6.45, 7) is 5.05. The molecule has 0 aliphatic carbocycles. The second-order valence-electron chi connectivity index (χ2n) is 4.01. The van der Waals surface area contributed by atoms with Crippen LogP contribution in [0.15, 0.2) is 24.4 Å². The summed E-state index contributed by atoms with van der Waals surface area (Å²) < 4.78 is 13.3. The largest absolute Gasteiger partial charge is 0.310 e. The van der Waals surface area contributed by atoms with Gasteiger partial charge in [0, 0.05) is 27.7 Å². The molecule has 0 aliphatic rings. The number of nitrogens with one attached hydrogen (secondary N) is 1. The Labute approximate surface area is 115 Å². The second-order valence-corrected chi connectivity index (χ2v) is 5.50. The van der Waals surface area contributed by atoms with E-state index in [1.807, 2.05) is 6.20 Å². The maximum Gasteiger partial charge on any atom is 0.125 e. The van der Waals surface area contributed by atoms with Gasteiger partial charge in [0.25, 0.3) is 0 Å². The molecule has 96 valence electrons. The summed E-state index contributed by atoms with van der Waals surface area (Å²) in [5.74, 6) is -0.339. The normalized spacial score (nSPS) is 12.7. The van der Waals surface area contributed by atoms with E-state index in [9.17, 15) is 4.39 Å². The molecular formula is C13H14ClFN2S. The van der Waals surface area contributed by atoms with Crippen molar-refractivity contribution in [2.45, 2.75) is 19.9 Å². The maximum atomic E-state index is 13.3. The molecule has 0 radical (unpaired) electrons. The summed E-state index contributed by atoms with van der Waals surface area (Å²) in [5.41, 5.74) is 0.722. The molecule has 2 aromatic rings. The van der Waals surface area contributed by atoms with Crippen molar-refractivity contribution in [3.05, 3.63) is 40.1 Å². The van der Waals surface area contributed by atoms with Gasteiger partial charge >= 0.3 is 0 Å². The SMILES string of the molecule is CCNC(C)c1cnc(-c2cc(F)cc(Cl)c2)s1. The molecule has 0 saturated heterocycles. The summed E-state index contributed by atoms with van der Waals surface area (Å²) in [5, 5.41) is 4.50. The van der Waals surface area contributed by atoms with Crippen molar-refractivity contribution >= 4 is 22.9 Å². The third-order valence-corrected chi connectivity index (χ3v) is 4.02. The molecule has 1 aromatic carbocycles. The Morgan fingerprint density at radius 2 is 2.22 bits per heavy atom. The van der Waals surface area contributed by atoms with Crippen LogP contribution in [0, 0.1) is 5.82 Å². The van der Waals surface area contributed by atoms with E-state index in [1.165, 1.54) is 12.1 Å². The number of thiazole rings is 1. The molecule has 0 fully saturated rings. The minimum atomic E-state index is -0.339. The minimum Gasteiger partial charge on any atom is -0.310 e. The molecule has 0 amide bonds. The van der Waals surface area contributed by atoms with E-state index in [1.54, 1.807) is 17.4 Å². The zero-order valence-electron chi connectivity index (χ0n) is 10.2. The van der Waals surface area contributed by atoms with Crippen LogP contribution in [0.25, 0.3) is 10.6 Å². The van der Waals surface area contributed by atoms with E-state index < -0.39 is 0 Å². The van der Waals surface area contributed by atoms with Gasteiger partial charge in [0.05, 0.1) is 0 Å². The summed E-state index contributed by atoms with van der Waals surface area (Å²) in [6, 6.07) is 4.73. The first-order valence-corrected chi connectivity index (χ1v) is 6.95. The molecule has 1 aromatic heterocycles. The fourth-order valence-electron chi connectivity index (χ4n) is 1.70. The summed E-state index contributed by atoms with van der Waals surface area (Å²) in [4.78, 5) is 5.46. The van der Waals surface area contributed by atoms with Crippen LogP contribution in [0.4, 0.5) is 4.39 Å². The van der Waals surface area contributed by atoms with Crippen LogP contribution < -0.4 is 5.32 Å². The average Bonchev–Trinajstić information content (AvgIpc) is 2.77. The highest BCUT2D eigenvalue weighted by Gasteiger charge is 2.11. The van der Waals surface area contributed by atoms with Crippen LogP contribution in [0.3, 0.4) is 0 Å². The van der Waals surface area contributed by atoms with Gasteiger partial charge in [-0.2, -0.15) is 0 Å². The van der Waals surface area contributed by atoms with Crippen molar-refractivity contribution in [3.8, 4) is 10.6 Å². The van der Waals surface area contributed by atoms with Crippen LogP contribution >= 0.6 is 22.9 Å². The molecule has 2 rings (SSSR count). The molecule has 0 bridgehead atoms. The highest BCUT2D eigenvalue weighted by Crippen LogP contribution is 2.30. The van der Waals surface area contributed by atoms with E-state index in [4.69, 9.17) is 11.6 Å². The average molecular weight is 285 g/mol. The minimum absolute atomic E-state index is 0.255. The monoisotopic (exact) mass is 284 g/mol. The summed E-state index contributed by atoms with van der Waals surface area (Å²) in [7, 11) is 0. The first-order valence-electron chi connectivity index (χ1n) is 5.75. The van der Waals surface area contributed by atoms with Gasteiger partial charge in [-0.1, -0.05) is 18.5 Å². The van der Waals surface area contributed by atoms with Gasteiger partial charge in [0.15, 0.2) is 0 Å². The van der Waals surface area contributed by atoms with Gasteiger partial charge in [0.2, 0.25) is 0 Å². The van der Waals surface area contributed by atoms with Crippen LogP contribution in [0.1, 0.15) is 24.8 Å². The van der Waals surface area contributed by atoms with E-state index in [2.05, 4.69) is 24.1 Å². The van der Waals surface area contributed by atoms with Crippen molar-refractivity contribution < 1.29 is 4.39 Å². The molecule has 1 unspecified atom stereocenters. The number of hydrogen-bond donors (Lipinski definition) is 1. The fraction of sp³-hybridized carbons (Fsp3) is 0.308. The van der Waals surface area contributed by atoms with Gasteiger partial charge in [-0.05, 0) is 31.7 Å². The molecule has 0 saturated carbocycles. The Morgan fingerprint density at radius 3 is 2.89 bits per heavy atom. The lowest BCUT2D eigenvalue weighted by molar-refractivity contribution is 0.606. The molecule has 2 nitrogen and oxygen atoms in total. The number of benzene rings is 1. The second kappa shape index (κ2) is 5.78. The molecule has 5 heteroatoms. The third kappa shape index (κ3) is 3.07. The Hall–Kier alpha value is -0.970. The summed E-state index contributed by atoms with van der Waals surface area (Å²) >= 11 is 7.40. The highest BCUT2D eigenvalue weighted by molar-refractivity contribution is 7.15. The van der Waals surface area contributed by atoms with Gasteiger partial charge in [-0.3, -0.25) is 0 Å². The molecule has 0 aliphatic heterocycles. The lowest BCUT2D eigenvalue weighted by atomic mass is 10.2. The number of aromatic nitrogens is 1. The Kier molecular flexibility index (Phi) is 4.32. The van der Waals surface area contributed by atoms with Crippen molar-refractivity contribution in [2.24, 2.45) is 0 Å². The van der Waals surface area contributed by atoms with Crippen molar-refractivity contribution in [1.29, 1.82) is 0 Å². The van der Waals surface area contributed by atoms with Gasteiger partial charge in [0.1, 0.15) is 10.8 Å². The molecule has 1 N–H and O–H groups in total. The number of halogens is 2. The molecular weight excluding hydrogens is 271 g/mol. The standard InChI is InChI=1S/C13H14ClFN2S/c1-3-16-8(2)12-7-17-13(18-12)9-4-10(14)6-11(15)5-9/h4-8,16H,3H2,1-2H3. The first-order chi connectivity index (χ1) is 8.60. The topological polar surface area (TPSA) is 24.9 Å². The lowest BCUT2D eigenvalue weighted by Crippen LogP contribution is -2.16. The number of rotatable bonds is 4. The van der Waals surface area contributed by atoms with Crippen molar-refractivity contribution in [2.75, 3.05) is 6.54 Å². The van der Waals surface area contributed by atoms with Crippen molar-refractivity contribution in [3.63, 3.8) is 0 Å². The zero-order valence-corrected chi connectivity index (χ0v) is 11.8.